The summed E-state index contributed by atoms with van der Waals surface area (Å²) in [6.07, 6.45) is 3.12. The van der Waals surface area contributed by atoms with E-state index in [0.717, 1.165) is 19.3 Å². The van der Waals surface area contributed by atoms with Gasteiger partial charge in [0.2, 0.25) is 0 Å². The van der Waals surface area contributed by atoms with Crippen LogP contribution in [0.2, 0.25) is 5.02 Å². The zero-order valence-electron chi connectivity index (χ0n) is 18.0. The van der Waals surface area contributed by atoms with E-state index in [1.165, 1.54) is 6.20 Å². The molecular formula is C24H23ClN4O4. The van der Waals surface area contributed by atoms with Crippen molar-refractivity contribution in [1.29, 1.82) is 0 Å². The maximum absolute atomic E-state index is 13.5. The fourth-order valence-corrected chi connectivity index (χ4v) is 5.08. The minimum Gasteiger partial charge on any atom is -0.377 e. The Morgan fingerprint density at radius 1 is 1.24 bits per heavy atom. The summed E-state index contributed by atoms with van der Waals surface area (Å²) in [7, 11) is 0. The van der Waals surface area contributed by atoms with Crippen molar-refractivity contribution in [2.45, 2.75) is 50.8 Å². The number of rotatable bonds is 4. The molecule has 33 heavy (non-hydrogen) atoms. The molecular weight excluding hydrogens is 444 g/mol. The van der Waals surface area contributed by atoms with Gasteiger partial charge < -0.3 is 19.5 Å². The van der Waals surface area contributed by atoms with Crippen LogP contribution in [-0.2, 0) is 4.79 Å². The fourth-order valence-electron chi connectivity index (χ4n) is 4.82. The number of aryl methyl sites for hydroxylation is 1. The standard InChI is InChI=1S/C24H23ClN4O4/c1-13-19-21(28-33-13)20-16(25)8-5-10-18(20)29(24(19)32)15-7-4-6-14(12-15)27-23(31)22(30)17-9-2-3-11-26-17/h2-3,5,8-11,14-15,22,30H,4,6-7,12H2,1H3,(H,27,31). The number of nitrogens with one attached hydrogen (secondary N) is 1. The van der Waals surface area contributed by atoms with Crippen LogP contribution in [0.25, 0.3) is 21.8 Å². The van der Waals surface area contributed by atoms with Crippen LogP contribution in [-0.4, -0.2) is 31.8 Å². The van der Waals surface area contributed by atoms with Gasteiger partial charge in [-0.25, -0.2) is 0 Å². The highest BCUT2D eigenvalue weighted by molar-refractivity contribution is 6.37. The van der Waals surface area contributed by atoms with E-state index in [1.54, 1.807) is 35.8 Å². The smallest absolute Gasteiger partial charge is 0.264 e. The highest BCUT2D eigenvalue weighted by Crippen LogP contribution is 2.35. The molecule has 3 atom stereocenters. The predicted molar refractivity (Wildman–Crippen MR) is 124 cm³/mol. The van der Waals surface area contributed by atoms with Crippen LogP contribution in [0, 0.1) is 6.92 Å². The molecule has 3 aromatic heterocycles. The van der Waals surface area contributed by atoms with Crippen LogP contribution in [0.3, 0.4) is 0 Å². The molecule has 1 saturated carbocycles. The van der Waals surface area contributed by atoms with Crippen molar-refractivity contribution in [2.75, 3.05) is 0 Å². The van der Waals surface area contributed by atoms with Gasteiger partial charge in [0, 0.05) is 23.7 Å². The van der Waals surface area contributed by atoms with E-state index in [1.807, 2.05) is 12.1 Å². The van der Waals surface area contributed by atoms with Crippen molar-refractivity contribution in [3.8, 4) is 0 Å². The van der Waals surface area contributed by atoms with Crippen molar-refractivity contribution in [1.82, 2.24) is 20.0 Å². The Balaban J connectivity index is 1.48. The number of carbonyl (C=O) groups is 1. The molecule has 8 nitrogen and oxygen atoms in total. The number of halogens is 1. The second-order valence-corrected chi connectivity index (χ2v) is 8.86. The van der Waals surface area contributed by atoms with Crippen molar-refractivity contribution in [3.05, 3.63) is 69.4 Å². The monoisotopic (exact) mass is 466 g/mol. The number of aliphatic hydroxyl groups is 1. The van der Waals surface area contributed by atoms with Crippen LogP contribution in [0.1, 0.15) is 49.3 Å². The number of benzene rings is 1. The molecule has 0 saturated heterocycles. The van der Waals surface area contributed by atoms with Crippen molar-refractivity contribution >= 4 is 39.3 Å². The second-order valence-electron chi connectivity index (χ2n) is 8.45. The highest BCUT2D eigenvalue weighted by atomic mass is 35.5. The number of pyridine rings is 2. The Kier molecular flexibility index (Phi) is 5.64. The number of aliphatic hydroxyl groups excluding tert-OH is 1. The lowest BCUT2D eigenvalue weighted by Crippen LogP contribution is -2.42. The fraction of sp³-hybridized carbons (Fsp3) is 0.333. The lowest BCUT2D eigenvalue weighted by molar-refractivity contribution is -0.130. The molecule has 1 aliphatic rings. The van der Waals surface area contributed by atoms with Crippen LogP contribution in [0.4, 0.5) is 0 Å². The zero-order chi connectivity index (χ0) is 23.1. The molecule has 1 amide bonds. The quantitative estimate of drug-likeness (QED) is 0.473. The summed E-state index contributed by atoms with van der Waals surface area (Å²) >= 11 is 6.51. The number of carbonyl (C=O) groups excluding carboxylic acids is 1. The van der Waals surface area contributed by atoms with Crippen molar-refractivity contribution in [2.24, 2.45) is 0 Å². The minimum atomic E-state index is -1.34. The van der Waals surface area contributed by atoms with Gasteiger partial charge in [0.05, 0.1) is 16.2 Å². The number of fused-ring (bicyclic) bond motifs is 3. The summed E-state index contributed by atoms with van der Waals surface area (Å²) in [5.41, 5.74) is 1.28. The van der Waals surface area contributed by atoms with Gasteiger partial charge in [0.1, 0.15) is 16.7 Å². The third kappa shape index (κ3) is 3.79. The number of amides is 1. The second kappa shape index (κ2) is 8.61. The van der Waals surface area contributed by atoms with E-state index in [4.69, 9.17) is 16.1 Å². The molecule has 5 rings (SSSR count). The summed E-state index contributed by atoms with van der Waals surface area (Å²) < 4.78 is 7.10. The molecule has 1 aliphatic carbocycles. The predicted octanol–water partition coefficient (Wildman–Crippen LogP) is 3.83. The van der Waals surface area contributed by atoms with E-state index in [2.05, 4.69) is 15.5 Å². The van der Waals surface area contributed by atoms with Gasteiger partial charge in [-0.05, 0) is 56.9 Å². The Morgan fingerprint density at radius 3 is 2.88 bits per heavy atom. The van der Waals surface area contributed by atoms with Gasteiger partial charge in [0.15, 0.2) is 6.10 Å². The summed E-state index contributed by atoms with van der Waals surface area (Å²) in [6.45, 7) is 1.71. The van der Waals surface area contributed by atoms with Crippen molar-refractivity contribution in [3.63, 3.8) is 0 Å². The molecule has 0 radical (unpaired) electrons. The van der Waals surface area contributed by atoms with Gasteiger partial charge in [-0.1, -0.05) is 28.9 Å². The van der Waals surface area contributed by atoms with E-state index < -0.39 is 12.0 Å². The summed E-state index contributed by atoms with van der Waals surface area (Å²) in [4.78, 5) is 30.3. The molecule has 1 aromatic carbocycles. The van der Waals surface area contributed by atoms with E-state index in [-0.39, 0.29) is 17.6 Å². The van der Waals surface area contributed by atoms with Crippen LogP contribution < -0.4 is 10.9 Å². The van der Waals surface area contributed by atoms with Gasteiger partial charge >= 0.3 is 0 Å². The van der Waals surface area contributed by atoms with E-state index in [9.17, 15) is 14.7 Å². The Bertz CT molecular complexity index is 1400. The molecule has 2 N–H and O–H groups in total. The lowest BCUT2D eigenvalue weighted by atomic mass is 9.90. The molecule has 9 heteroatoms. The van der Waals surface area contributed by atoms with Gasteiger partial charge in [0.25, 0.3) is 11.5 Å². The van der Waals surface area contributed by atoms with Gasteiger partial charge in [-0.2, -0.15) is 0 Å². The summed E-state index contributed by atoms with van der Waals surface area (Å²) in [5, 5.41) is 19.0. The molecule has 3 heterocycles. The normalized spacial score (nSPS) is 19.6. The number of aromatic nitrogens is 3. The molecule has 0 bridgehead atoms. The molecule has 1 fully saturated rings. The summed E-state index contributed by atoms with van der Waals surface area (Å²) in [5.74, 6) is -0.0466. The van der Waals surface area contributed by atoms with Crippen LogP contribution in [0.15, 0.2) is 51.9 Å². The number of hydrogen-bond donors (Lipinski definition) is 2. The van der Waals surface area contributed by atoms with E-state index in [0.29, 0.717) is 44.7 Å². The van der Waals surface area contributed by atoms with Crippen LogP contribution in [0.5, 0.6) is 0 Å². The first-order valence-corrected chi connectivity index (χ1v) is 11.3. The molecule has 0 aliphatic heterocycles. The highest BCUT2D eigenvalue weighted by Gasteiger charge is 2.30. The Morgan fingerprint density at radius 2 is 2.09 bits per heavy atom. The molecule has 3 unspecified atom stereocenters. The topological polar surface area (TPSA) is 110 Å². The average Bonchev–Trinajstić information content (AvgIpc) is 3.21. The van der Waals surface area contributed by atoms with Crippen LogP contribution >= 0.6 is 11.6 Å². The first-order chi connectivity index (χ1) is 16.0. The molecule has 0 spiro atoms. The minimum absolute atomic E-state index is 0.150. The maximum atomic E-state index is 13.5. The zero-order valence-corrected chi connectivity index (χ0v) is 18.7. The average molecular weight is 467 g/mol. The van der Waals surface area contributed by atoms with Gasteiger partial charge in [-0.15, -0.1) is 0 Å². The number of nitrogens with zero attached hydrogens (tertiary/aromatic N) is 3. The number of hydrogen-bond acceptors (Lipinski definition) is 6. The molecule has 4 aromatic rings. The van der Waals surface area contributed by atoms with Crippen molar-refractivity contribution < 1.29 is 14.4 Å². The largest absolute Gasteiger partial charge is 0.377 e. The Labute approximate surface area is 194 Å². The third-order valence-corrected chi connectivity index (χ3v) is 6.67. The van der Waals surface area contributed by atoms with Gasteiger partial charge in [-0.3, -0.25) is 14.6 Å². The molecule has 170 valence electrons. The summed E-state index contributed by atoms with van der Waals surface area (Å²) in [6, 6.07) is 10.2. The maximum Gasteiger partial charge on any atom is 0.264 e. The first-order valence-electron chi connectivity index (χ1n) is 10.9. The third-order valence-electron chi connectivity index (χ3n) is 6.36. The van der Waals surface area contributed by atoms with E-state index >= 15 is 0 Å². The Hall–Kier alpha value is -3.23. The first kappa shape index (κ1) is 21.6. The lowest BCUT2D eigenvalue weighted by Gasteiger charge is -2.32. The SMILES string of the molecule is Cc1onc2c1c(=O)n(C1CCCC(NC(=O)C(O)c3ccccn3)C1)c1cccc(Cl)c21.